The summed E-state index contributed by atoms with van der Waals surface area (Å²) in [6, 6.07) is 1.72. The first-order chi connectivity index (χ1) is 5.25. The minimum absolute atomic E-state index is 0.0752. The number of alkyl halides is 2. The van der Waals surface area contributed by atoms with Gasteiger partial charge in [0.1, 0.15) is 0 Å². The van der Waals surface area contributed by atoms with Crippen molar-refractivity contribution < 1.29 is 8.78 Å². The molecule has 0 unspecified atom stereocenters. The molecule has 0 fully saturated rings. The Hall–Kier alpha value is -1.17. The van der Waals surface area contributed by atoms with Crippen LogP contribution >= 0.6 is 0 Å². The summed E-state index contributed by atoms with van der Waals surface area (Å²) in [5.74, 6) is 0. The molecule has 0 amide bonds. The van der Waals surface area contributed by atoms with Gasteiger partial charge in [-0.05, 0) is 18.9 Å². The molecule has 3 heteroatoms. The van der Waals surface area contributed by atoms with Crippen LogP contribution < -0.4 is 0 Å². The standard InChI is InChI=1S/C8H6F2N/c9-8(10)7-4-2-1-3-6(7)5-11/h1,3-4,8H,2H2. The van der Waals surface area contributed by atoms with Crippen molar-refractivity contribution in [2.75, 3.05) is 0 Å². The molecule has 0 saturated carbocycles. The van der Waals surface area contributed by atoms with Crippen molar-refractivity contribution in [3.63, 3.8) is 0 Å². The number of nitrogens with zero attached hydrogens (tertiary/aromatic N) is 1. The van der Waals surface area contributed by atoms with E-state index in [-0.39, 0.29) is 11.1 Å². The molecule has 1 aliphatic rings. The first-order valence-electron chi connectivity index (χ1n) is 3.18. The van der Waals surface area contributed by atoms with Gasteiger partial charge in [-0.2, -0.15) is 5.26 Å². The van der Waals surface area contributed by atoms with Crippen LogP contribution in [0.4, 0.5) is 8.78 Å². The second-order valence-corrected chi connectivity index (χ2v) is 2.12. The quantitative estimate of drug-likeness (QED) is 0.568. The van der Waals surface area contributed by atoms with Crippen LogP contribution in [0.25, 0.3) is 0 Å². The molecule has 0 aromatic rings. The van der Waals surface area contributed by atoms with Crippen LogP contribution in [0, 0.1) is 17.8 Å². The normalized spacial score (nSPS) is 17.3. The molecule has 1 rings (SSSR count). The van der Waals surface area contributed by atoms with Crippen LogP contribution in [-0.2, 0) is 0 Å². The molecule has 0 spiro atoms. The van der Waals surface area contributed by atoms with Crippen LogP contribution in [-0.4, -0.2) is 6.43 Å². The van der Waals surface area contributed by atoms with Crippen molar-refractivity contribution in [2.24, 2.45) is 0 Å². The molecular formula is C8H6F2N. The Labute approximate surface area is 63.6 Å². The third kappa shape index (κ3) is 1.64. The molecule has 0 atom stereocenters. The Morgan fingerprint density at radius 3 is 2.73 bits per heavy atom. The molecule has 0 aliphatic heterocycles. The fourth-order valence-corrected chi connectivity index (χ4v) is 0.896. The van der Waals surface area contributed by atoms with Crippen LogP contribution in [0.5, 0.6) is 0 Å². The fraction of sp³-hybridized carbons (Fsp3) is 0.250. The molecule has 0 N–H and O–H groups in total. The van der Waals surface area contributed by atoms with Gasteiger partial charge in [-0.15, -0.1) is 0 Å². The van der Waals surface area contributed by atoms with E-state index in [9.17, 15) is 8.78 Å². The largest absolute Gasteiger partial charge is 0.261 e. The van der Waals surface area contributed by atoms with Gasteiger partial charge in [0.25, 0.3) is 6.43 Å². The first kappa shape index (κ1) is 7.93. The fourth-order valence-electron chi connectivity index (χ4n) is 0.896. The van der Waals surface area contributed by atoms with E-state index in [1.54, 1.807) is 12.1 Å². The zero-order valence-electron chi connectivity index (χ0n) is 5.72. The highest BCUT2D eigenvalue weighted by atomic mass is 19.3. The summed E-state index contributed by atoms with van der Waals surface area (Å²) in [5, 5.41) is 8.40. The minimum Gasteiger partial charge on any atom is -0.205 e. The maximum absolute atomic E-state index is 12.1. The Morgan fingerprint density at radius 1 is 1.55 bits per heavy atom. The zero-order chi connectivity index (χ0) is 8.27. The second-order valence-electron chi connectivity index (χ2n) is 2.12. The summed E-state index contributed by atoms with van der Waals surface area (Å²) < 4.78 is 24.2. The van der Waals surface area contributed by atoms with Gasteiger partial charge in [0.05, 0.1) is 11.6 Å². The van der Waals surface area contributed by atoms with Gasteiger partial charge in [0.2, 0.25) is 0 Å². The maximum atomic E-state index is 12.1. The van der Waals surface area contributed by atoms with Crippen molar-refractivity contribution >= 4 is 0 Å². The van der Waals surface area contributed by atoms with Crippen LogP contribution in [0.15, 0.2) is 23.3 Å². The lowest BCUT2D eigenvalue weighted by molar-refractivity contribution is 0.190. The van der Waals surface area contributed by atoms with Crippen LogP contribution in [0.2, 0.25) is 0 Å². The van der Waals surface area contributed by atoms with E-state index < -0.39 is 6.43 Å². The van der Waals surface area contributed by atoms with Gasteiger partial charge in [-0.1, -0.05) is 6.08 Å². The third-order valence-electron chi connectivity index (χ3n) is 1.42. The Kier molecular flexibility index (Phi) is 2.37. The molecule has 0 bridgehead atoms. The number of allylic oxidation sites excluding steroid dienone is 4. The van der Waals surface area contributed by atoms with Gasteiger partial charge in [0, 0.05) is 5.57 Å². The molecule has 57 valence electrons. The smallest absolute Gasteiger partial charge is 0.205 e. The molecule has 1 aliphatic carbocycles. The lowest BCUT2D eigenvalue weighted by Gasteiger charge is -2.08. The monoisotopic (exact) mass is 154 g/mol. The summed E-state index contributed by atoms with van der Waals surface area (Å²) in [6.07, 6.45) is 2.45. The summed E-state index contributed by atoms with van der Waals surface area (Å²) in [5.41, 5.74) is -0.0683. The number of hydrogen-bond acceptors (Lipinski definition) is 1. The number of hydrogen-bond donors (Lipinski definition) is 0. The van der Waals surface area contributed by atoms with Crippen LogP contribution in [0.3, 0.4) is 0 Å². The summed E-state index contributed by atoms with van der Waals surface area (Å²) in [7, 11) is 0. The highest BCUT2D eigenvalue weighted by Crippen LogP contribution is 2.22. The molecule has 1 radical (unpaired) electrons. The SMILES string of the molecule is N#CC1=C(C(F)F)[CH]CC=C1. The van der Waals surface area contributed by atoms with Crippen molar-refractivity contribution in [3.05, 3.63) is 29.7 Å². The van der Waals surface area contributed by atoms with Gasteiger partial charge >= 0.3 is 0 Å². The predicted molar refractivity (Wildman–Crippen MR) is 36.7 cm³/mol. The van der Waals surface area contributed by atoms with E-state index >= 15 is 0 Å². The highest BCUT2D eigenvalue weighted by Gasteiger charge is 2.17. The van der Waals surface area contributed by atoms with Crippen molar-refractivity contribution in [2.45, 2.75) is 12.8 Å². The van der Waals surface area contributed by atoms with E-state index in [0.717, 1.165) is 0 Å². The maximum Gasteiger partial charge on any atom is 0.261 e. The summed E-state index contributed by atoms with van der Waals surface area (Å²) >= 11 is 0. The topological polar surface area (TPSA) is 23.8 Å². The predicted octanol–water partition coefficient (Wildman–Crippen LogP) is 2.24. The van der Waals surface area contributed by atoms with Gasteiger partial charge in [-0.25, -0.2) is 8.78 Å². The molecular weight excluding hydrogens is 148 g/mol. The zero-order valence-corrected chi connectivity index (χ0v) is 5.72. The van der Waals surface area contributed by atoms with Crippen molar-refractivity contribution in [1.82, 2.24) is 0 Å². The second kappa shape index (κ2) is 3.29. The first-order valence-corrected chi connectivity index (χ1v) is 3.18. The average molecular weight is 154 g/mol. The van der Waals surface area contributed by atoms with E-state index in [4.69, 9.17) is 5.26 Å². The van der Waals surface area contributed by atoms with Gasteiger partial charge in [0.15, 0.2) is 0 Å². The minimum atomic E-state index is -2.53. The van der Waals surface area contributed by atoms with Crippen molar-refractivity contribution in [1.29, 1.82) is 5.26 Å². The lowest BCUT2D eigenvalue weighted by Crippen LogP contribution is -2.03. The molecule has 1 nitrogen and oxygen atoms in total. The summed E-state index contributed by atoms with van der Waals surface area (Å²) in [4.78, 5) is 0. The molecule has 0 saturated heterocycles. The van der Waals surface area contributed by atoms with E-state index in [0.29, 0.717) is 6.42 Å². The van der Waals surface area contributed by atoms with E-state index in [2.05, 4.69) is 0 Å². The van der Waals surface area contributed by atoms with E-state index in [1.807, 2.05) is 0 Å². The number of nitriles is 1. The van der Waals surface area contributed by atoms with Crippen molar-refractivity contribution in [3.8, 4) is 6.07 Å². The highest BCUT2D eigenvalue weighted by molar-refractivity contribution is 5.45. The lowest BCUT2D eigenvalue weighted by atomic mass is 9.99. The Balaban J connectivity index is 2.94. The average Bonchev–Trinajstić information content (AvgIpc) is 2.04. The molecule has 0 aromatic heterocycles. The third-order valence-corrected chi connectivity index (χ3v) is 1.42. The Bertz CT molecular complexity index is 245. The number of halogens is 2. The van der Waals surface area contributed by atoms with Gasteiger partial charge < -0.3 is 0 Å². The Morgan fingerprint density at radius 2 is 2.27 bits per heavy atom. The summed E-state index contributed by atoms with van der Waals surface area (Å²) in [6.45, 7) is 0. The molecule has 0 heterocycles. The molecule has 0 aromatic carbocycles. The van der Waals surface area contributed by atoms with E-state index in [1.165, 1.54) is 12.5 Å². The molecule has 11 heavy (non-hydrogen) atoms. The number of rotatable bonds is 1. The van der Waals surface area contributed by atoms with Crippen LogP contribution in [0.1, 0.15) is 6.42 Å². The van der Waals surface area contributed by atoms with Gasteiger partial charge in [-0.3, -0.25) is 0 Å².